The van der Waals surface area contributed by atoms with Crippen molar-refractivity contribution in [2.45, 2.75) is 6.61 Å². The van der Waals surface area contributed by atoms with Crippen LogP contribution in [0.25, 0.3) is 10.1 Å². The number of methoxy groups -OCH3 is 1. The Morgan fingerprint density at radius 3 is 2.60 bits per heavy atom. The van der Waals surface area contributed by atoms with Crippen molar-refractivity contribution in [3.63, 3.8) is 0 Å². The molecule has 3 N–H and O–H groups in total. The van der Waals surface area contributed by atoms with Crippen LogP contribution >= 0.6 is 23.7 Å². The Kier molecular flexibility index (Phi) is 5.34. The monoisotopic (exact) mass is 324 g/mol. The van der Waals surface area contributed by atoms with Crippen molar-refractivity contribution >= 4 is 39.7 Å². The van der Waals surface area contributed by atoms with Crippen LogP contribution in [0, 0.1) is 0 Å². The van der Waals surface area contributed by atoms with Crippen LogP contribution in [0.5, 0.6) is 11.5 Å². The summed E-state index contributed by atoms with van der Waals surface area (Å²) >= 11 is 1.25. The lowest BCUT2D eigenvalue weighted by Gasteiger charge is -2.09. The third-order valence-electron chi connectivity index (χ3n) is 2.38. The number of rotatable bonds is 4. The molecule has 0 aliphatic heterocycles. The third kappa shape index (κ3) is 3.20. The van der Waals surface area contributed by atoms with Gasteiger partial charge in [0, 0.05) is 10.8 Å². The van der Waals surface area contributed by atoms with Gasteiger partial charge in [-0.05, 0) is 17.5 Å². The standard InChI is InChI=1S/C11H10F2N2O3S.ClH/c1-17-6-4-8-5(2-7(6)18-11(12)13)3-9(19-8)10(14)15-16;/h2-4,11,16H,1H3,(H2,14,15);1H. The molecule has 20 heavy (non-hydrogen) atoms. The fourth-order valence-electron chi connectivity index (χ4n) is 1.57. The lowest BCUT2D eigenvalue weighted by atomic mass is 10.2. The average Bonchev–Trinajstić information content (AvgIpc) is 2.78. The molecule has 0 saturated heterocycles. The van der Waals surface area contributed by atoms with E-state index in [4.69, 9.17) is 15.7 Å². The molecular weight excluding hydrogens is 314 g/mol. The van der Waals surface area contributed by atoms with Crippen LogP contribution < -0.4 is 15.2 Å². The molecule has 0 aliphatic rings. The van der Waals surface area contributed by atoms with Crippen molar-refractivity contribution in [2.75, 3.05) is 7.11 Å². The molecule has 0 unspecified atom stereocenters. The molecule has 2 aromatic rings. The Morgan fingerprint density at radius 1 is 1.35 bits per heavy atom. The highest BCUT2D eigenvalue weighted by atomic mass is 35.5. The second-order valence-corrected chi connectivity index (χ2v) is 4.60. The molecule has 0 radical (unpaired) electrons. The van der Waals surface area contributed by atoms with Gasteiger partial charge < -0.3 is 20.4 Å². The number of nitrogens with two attached hydrogens (primary N) is 1. The number of halogens is 3. The summed E-state index contributed by atoms with van der Waals surface area (Å²) in [5, 5.41) is 12.1. The zero-order valence-electron chi connectivity index (χ0n) is 10.2. The van der Waals surface area contributed by atoms with Crippen LogP contribution in [-0.4, -0.2) is 24.8 Å². The quantitative estimate of drug-likeness (QED) is 0.392. The van der Waals surface area contributed by atoms with Gasteiger partial charge in [-0.25, -0.2) is 0 Å². The molecule has 2 rings (SSSR count). The average molecular weight is 325 g/mol. The minimum atomic E-state index is -2.94. The van der Waals surface area contributed by atoms with E-state index >= 15 is 0 Å². The van der Waals surface area contributed by atoms with Crippen molar-refractivity contribution in [3.8, 4) is 11.5 Å². The van der Waals surface area contributed by atoms with Gasteiger partial charge >= 0.3 is 6.61 Å². The van der Waals surface area contributed by atoms with E-state index in [0.717, 1.165) is 4.70 Å². The van der Waals surface area contributed by atoms with Gasteiger partial charge in [-0.15, -0.1) is 23.7 Å². The first-order valence-electron chi connectivity index (χ1n) is 5.09. The summed E-state index contributed by atoms with van der Waals surface area (Å²) in [5.74, 6) is 0.0889. The van der Waals surface area contributed by atoms with E-state index < -0.39 is 6.61 Å². The van der Waals surface area contributed by atoms with Crippen LogP contribution in [0.2, 0.25) is 0 Å². The molecule has 9 heteroatoms. The molecule has 0 fully saturated rings. The van der Waals surface area contributed by atoms with E-state index in [1.54, 1.807) is 12.1 Å². The number of nitrogens with zero attached hydrogens (tertiary/aromatic N) is 1. The topological polar surface area (TPSA) is 77.1 Å². The summed E-state index contributed by atoms with van der Waals surface area (Å²) in [6.45, 7) is -2.94. The Labute approximate surface area is 123 Å². The maximum absolute atomic E-state index is 12.3. The van der Waals surface area contributed by atoms with E-state index in [1.807, 2.05) is 0 Å². The Balaban J connectivity index is 0.00000200. The third-order valence-corrected chi connectivity index (χ3v) is 3.50. The van der Waals surface area contributed by atoms with E-state index in [9.17, 15) is 8.78 Å². The number of thiophene rings is 1. The lowest BCUT2D eigenvalue weighted by Crippen LogP contribution is -2.10. The summed E-state index contributed by atoms with van der Waals surface area (Å²) < 4.78 is 34.7. The van der Waals surface area contributed by atoms with Crippen LogP contribution in [0.3, 0.4) is 0 Å². The zero-order valence-corrected chi connectivity index (χ0v) is 11.8. The van der Waals surface area contributed by atoms with Crippen LogP contribution in [0.1, 0.15) is 4.88 Å². The van der Waals surface area contributed by atoms with Crippen molar-refractivity contribution in [3.05, 3.63) is 23.1 Å². The van der Waals surface area contributed by atoms with Gasteiger partial charge in [0.1, 0.15) is 0 Å². The summed E-state index contributed by atoms with van der Waals surface area (Å²) in [6.07, 6.45) is 0. The number of fused-ring (bicyclic) bond motifs is 1. The smallest absolute Gasteiger partial charge is 0.387 e. The van der Waals surface area contributed by atoms with Crippen LogP contribution in [-0.2, 0) is 0 Å². The molecular formula is C11H11ClF2N2O3S. The largest absolute Gasteiger partial charge is 0.493 e. The summed E-state index contributed by atoms with van der Waals surface area (Å²) in [6, 6.07) is 4.60. The fourth-order valence-corrected chi connectivity index (χ4v) is 2.54. The summed E-state index contributed by atoms with van der Waals surface area (Å²) in [4.78, 5) is 0.522. The lowest BCUT2D eigenvalue weighted by molar-refractivity contribution is -0.0511. The zero-order chi connectivity index (χ0) is 14.0. The SMILES string of the molecule is COc1cc2sc(/C(N)=N\O)cc2cc1OC(F)F.Cl. The number of hydrogen-bond acceptors (Lipinski definition) is 5. The number of hydrogen-bond donors (Lipinski definition) is 2. The van der Waals surface area contributed by atoms with Crippen LogP contribution in [0.15, 0.2) is 23.4 Å². The molecule has 0 atom stereocenters. The highest BCUT2D eigenvalue weighted by molar-refractivity contribution is 7.20. The molecule has 5 nitrogen and oxygen atoms in total. The van der Waals surface area contributed by atoms with E-state index in [2.05, 4.69) is 9.89 Å². The molecule has 1 heterocycles. The minimum Gasteiger partial charge on any atom is -0.493 e. The number of oxime groups is 1. The second kappa shape index (κ2) is 6.58. The molecule has 110 valence electrons. The molecule has 0 bridgehead atoms. The van der Waals surface area contributed by atoms with Gasteiger partial charge in [0.15, 0.2) is 17.3 Å². The molecule has 0 saturated carbocycles. The molecule has 0 amide bonds. The first kappa shape index (κ1) is 16.3. The Hall–Kier alpha value is -1.80. The molecule has 1 aromatic carbocycles. The first-order chi connectivity index (χ1) is 9.05. The molecule has 0 spiro atoms. The predicted octanol–water partition coefficient (Wildman–Crippen LogP) is 3.03. The van der Waals surface area contributed by atoms with E-state index in [-0.39, 0.29) is 29.7 Å². The normalized spacial score (nSPS) is 11.5. The van der Waals surface area contributed by atoms with Gasteiger partial charge in [-0.2, -0.15) is 8.78 Å². The van der Waals surface area contributed by atoms with Crippen molar-refractivity contribution in [1.29, 1.82) is 0 Å². The van der Waals surface area contributed by atoms with Crippen LogP contribution in [0.4, 0.5) is 8.78 Å². The minimum absolute atomic E-state index is 0. The van der Waals surface area contributed by atoms with E-state index in [1.165, 1.54) is 24.5 Å². The summed E-state index contributed by atoms with van der Waals surface area (Å²) in [5.41, 5.74) is 5.48. The van der Waals surface area contributed by atoms with E-state index in [0.29, 0.717) is 10.3 Å². The highest BCUT2D eigenvalue weighted by Gasteiger charge is 2.14. The number of benzene rings is 1. The first-order valence-corrected chi connectivity index (χ1v) is 5.91. The van der Waals surface area contributed by atoms with Crippen molar-refractivity contribution in [1.82, 2.24) is 0 Å². The Bertz CT molecular complexity index is 633. The van der Waals surface area contributed by atoms with Gasteiger partial charge in [0.25, 0.3) is 0 Å². The number of ether oxygens (including phenoxy) is 2. The molecule has 0 aliphatic carbocycles. The molecule has 1 aromatic heterocycles. The van der Waals surface area contributed by atoms with Gasteiger partial charge in [0.2, 0.25) is 0 Å². The maximum Gasteiger partial charge on any atom is 0.387 e. The summed E-state index contributed by atoms with van der Waals surface area (Å²) in [7, 11) is 1.36. The van der Waals surface area contributed by atoms with Gasteiger partial charge in [-0.1, -0.05) is 5.16 Å². The highest BCUT2D eigenvalue weighted by Crippen LogP contribution is 2.37. The van der Waals surface area contributed by atoms with Crippen molar-refractivity contribution in [2.24, 2.45) is 10.9 Å². The fraction of sp³-hybridized carbons (Fsp3) is 0.182. The second-order valence-electron chi connectivity index (χ2n) is 3.52. The van der Waals surface area contributed by atoms with Gasteiger partial charge in [-0.3, -0.25) is 0 Å². The van der Waals surface area contributed by atoms with Gasteiger partial charge in [0.05, 0.1) is 12.0 Å². The number of alkyl halides is 2. The predicted molar refractivity (Wildman–Crippen MR) is 74.8 cm³/mol. The number of amidine groups is 1. The Morgan fingerprint density at radius 2 is 2.05 bits per heavy atom. The maximum atomic E-state index is 12.3. The van der Waals surface area contributed by atoms with Crippen molar-refractivity contribution < 1.29 is 23.5 Å².